The molecule has 6 heteroatoms. The first-order chi connectivity index (χ1) is 14.3. The summed E-state index contributed by atoms with van der Waals surface area (Å²) in [6.45, 7) is 7.39. The summed E-state index contributed by atoms with van der Waals surface area (Å²) in [5.74, 6) is -0.364. The molecule has 0 saturated carbocycles. The highest BCUT2D eigenvalue weighted by molar-refractivity contribution is 5.89. The zero-order valence-electron chi connectivity index (χ0n) is 17.7. The molecular weight excluding hydrogens is 380 g/mol. The van der Waals surface area contributed by atoms with E-state index in [2.05, 4.69) is 17.0 Å². The van der Waals surface area contributed by atoms with E-state index < -0.39 is 11.7 Å². The van der Waals surface area contributed by atoms with Gasteiger partial charge in [0.15, 0.2) is 0 Å². The summed E-state index contributed by atoms with van der Waals surface area (Å²) < 4.78 is 11.5. The van der Waals surface area contributed by atoms with Crippen molar-refractivity contribution in [2.24, 2.45) is 0 Å². The van der Waals surface area contributed by atoms with Crippen LogP contribution in [0.25, 0.3) is 0 Å². The van der Waals surface area contributed by atoms with E-state index in [4.69, 9.17) is 9.47 Å². The van der Waals surface area contributed by atoms with Crippen molar-refractivity contribution >= 4 is 12.1 Å². The van der Waals surface area contributed by atoms with Crippen molar-refractivity contribution in [1.29, 1.82) is 0 Å². The van der Waals surface area contributed by atoms with E-state index in [1.807, 2.05) is 57.2 Å². The Labute approximate surface area is 177 Å². The van der Waals surface area contributed by atoms with Gasteiger partial charge in [-0.1, -0.05) is 48.5 Å². The van der Waals surface area contributed by atoms with Gasteiger partial charge in [-0.25, -0.2) is 9.59 Å². The SMILES string of the molecule is CC(C)(C)OC(=O)N1C[C@H](OC(=O)c2ccccc2)[C@H]2[C@@H]1CN2Cc1ccccc1. The summed E-state index contributed by atoms with van der Waals surface area (Å²) in [5.41, 5.74) is 1.14. The van der Waals surface area contributed by atoms with E-state index in [9.17, 15) is 9.59 Å². The van der Waals surface area contributed by atoms with Crippen LogP contribution in [0.1, 0.15) is 36.7 Å². The molecule has 2 heterocycles. The highest BCUT2D eigenvalue weighted by Gasteiger charge is 2.56. The molecule has 2 aromatic rings. The fourth-order valence-corrected chi connectivity index (χ4v) is 4.18. The average molecular weight is 408 g/mol. The first-order valence-corrected chi connectivity index (χ1v) is 10.4. The third kappa shape index (κ3) is 4.33. The molecule has 2 aromatic carbocycles. The zero-order chi connectivity index (χ0) is 21.3. The van der Waals surface area contributed by atoms with Crippen LogP contribution in [-0.2, 0) is 16.0 Å². The molecule has 3 atom stereocenters. The number of benzene rings is 2. The quantitative estimate of drug-likeness (QED) is 0.722. The van der Waals surface area contributed by atoms with Crippen molar-refractivity contribution in [3.63, 3.8) is 0 Å². The lowest BCUT2D eigenvalue weighted by molar-refractivity contribution is -0.0378. The van der Waals surface area contributed by atoms with Crippen LogP contribution in [0, 0.1) is 0 Å². The van der Waals surface area contributed by atoms with Crippen molar-refractivity contribution in [1.82, 2.24) is 9.80 Å². The molecular formula is C24H28N2O4. The maximum Gasteiger partial charge on any atom is 0.410 e. The number of carbonyl (C=O) groups is 2. The molecule has 2 aliphatic heterocycles. The Morgan fingerprint density at radius 2 is 1.60 bits per heavy atom. The van der Waals surface area contributed by atoms with Gasteiger partial charge in [-0.05, 0) is 38.5 Å². The van der Waals surface area contributed by atoms with Gasteiger partial charge in [-0.15, -0.1) is 0 Å². The lowest BCUT2D eigenvalue weighted by Crippen LogP contribution is -2.64. The summed E-state index contributed by atoms with van der Waals surface area (Å²) in [5, 5.41) is 0. The molecule has 0 spiro atoms. The topological polar surface area (TPSA) is 59.1 Å². The first kappa shape index (κ1) is 20.4. The maximum atomic E-state index is 12.8. The normalized spacial score (nSPS) is 23.4. The molecule has 0 aliphatic carbocycles. The molecule has 1 amide bonds. The number of esters is 1. The van der Waals surface area contributed by atoms with Crippen molar-refractivity contribution in [3.8, 4) is 0 Å². The molecule has 0 bridgehead atoms. The summed E-state index contributed by atoms with van der Waals surface area (Å²) in [4.78, 5) is 29.4. The first-order valence-electron chi connectivity index (χ1n) is 10.4. The predicted molar refractivity (Wildman–Crippen MR) is 113 cm³/mol. The minimum atomic E-state index is -0.571. The second kappa shape index (κ2) is 8.11. The van der Waals surface area contributed by atoms with E-state index in [0.717, 1.165) is 13.1 Å². The Hall–Kier alpha value is -2.86. The second-order valence-corrected chi connectivity index (χ2v) is 8.92. The van der Waals surface area contributed by atoms with Crippen LogP contribution in [0.2, 0.25) is 0 Å². The third-order valence-electron chi connectivity index (χ3n) is 5.52. The molecule has 4 rings (SSSR count). The highest BCUT2D eigenvalue weighted by Crippen LogP contribution is 2.36. The number of ether oxygens (including phenoxy) is 2. The fourth-order valence-electron chi connectivity index (χ4n) is 4.18. The summed E-state index contributed by atoms with van der Waals surface area (Å²) in [6.07, 6.45) is -0.747. The Kier molecular flexibility index (Phi) is 5.52. The van der Waals surface area contributed by atoms with Crippen LogP contribution < -0.4 is 0 Å². The van der Waals surface area contributed by atoms with Gasteiger partial charge in [0.25, 0.3) is 0 Å². The van der Waals surface area contributed by atoms with Gasteiger partial charge < -0.3 is 9.47 Å². The molecule has 2 saturated heterocycles. The van der Waals surface area contributed by atoms with E-state index in [1.54, 1.807) is 17.0 Å². The molecule has 6 nitrogen and oxygen atoms in total. The number of amides is 1. The third-order valence-corrected chi connectivity index (χ3v) is 5.52. The van der Waals surface area contributed by atoms with Crippen LogP contribution in [0.3, 0.4) is 0 Å². The number of carbonyl (C=O) groups excluding carboxylic acids is 2. The minimum Gasteiger partial charge on any atom is -0.455 e. The van der Waals surface area contributed by atoms with Gasteiger partial charge in [0, 0.05) is 13.1 Å². The minimum absolute atomic E-state index is 0.0165. The highest BCUT2D eigenvalue weighted by atomic mass is 16.6. The molecule has 0 unspecified atom stereocenters. The van der Waals surface area contributed by atoms with Crippen molar-refractivity contribution in [2.45, 2.75) is 51.1 Å². The van der Waals surface area contributed by atoms with Gasteiger partial charge in [-0.3, -0.25) is 9.80 Å². The molecule has 0 radical (unpaired) electrons. The summed E-state index contributed by atoms with van der Waals surface area (Å²) in [6, 6.07) is 19.1. The number of rotatable bonds is 4. The number of nitrogens with zero attached hydrogens (tertiary/aromatic N) is 2. The Balaban J connectivity index is 1.50. The lowest BCUT2D eigenvalue weighted by Gasteiger charge is -2.47. The smallest absolute Gasteiger partial charge is 0.410 e. The summed E-state index contributed by atoms with van der Waals surface area (Å²) >= 11 is 0. The average Bonchev–Trinajstić information content (AvgIpc) is 2.98. The van der Waals surface area contributed by atoms with Crippen molar-refractivity contribution < 1.29 is 19.1 Å². The van der Waals surface area contributed by atoms with Crippen LogP contribution in [0.15, 0.2) is 60.7 Å². The van der Waals surface area contributed by atoms with Crippen LogP contribution >= 0.6 is 0 Å². The van der Waals surface area contributed by atoms with Crippen LogP contribution in [0.5, 0.6) is 0 Å². The molecule has 0 aromatic heterocycles. The fraction of sp³-hybridized carbons (Fsp3) is 0.417. The Morgan fingerprint density at radius 1 is 0.967 bits per heavy atom. The molecule has 2 fully saturated rings. The molecule has 158 valence electrons. The standard InChI is InChI=1S/C24H28N2O4/c1-24(2,3)30-23(28)26-16-20(29-22(27)18-12-8-5-9-13-18)21-19(26)15-25(21)14-17-10-6-4-7-11-17/h4-13,19-21H,14-16H2,1-3H3/t19-,20-,21+/m0/s1. The van der Waals surface area contributed by atoms with Gasteiger partial charge in [0.2, 0.25) is 0 Å². The molecule has 0 N–H and O–H groups in total. The van der Waals surface area contributed by atoms with E-state index in [1.165, 1.54) is 5.56 Å². The van der Waals surface area contributed by atoms with Crippen LogP contribution in [0.4, 0.5) is 4.79 Å². The van der Waals surface area contributed by atoms with E-state index in [0.29, 0.717) is 12.1 Å². The van der Waals surface area contributed by atoms with Gasteiger partial charge in [-0.2, -0.15) is 0 Å². The molecule has 30 heavy (non-hydrogen) atoms. The number of likely N-dealkylation sites (tertiary alicyclic amines) is 2. The van der Waals surface area contributed by atoms with E-state index >= 15 is 0 Å². The Morgan fingerprint density at radius 3 is 2.23 bits per heavy atom. The van der Waals surface area contributed by atoms with E-state index in [-0.39, 0.29) is 24.1 Å². The number of hydrogen-bond acceptors (Lipinski definition) is 5. The Bertz CT molecular complexity index is 894. The van der Waals surface area contributed by atoms with Gasteiger partial charge in [0.05, 0.1) is 24.2 Å². The second-order valence-electron chi connectivity index (χ2n) is 8.92. The maximum absolute atomic E-state index is 12.8. The largest absolute Gasteiger partial charge is 0.455 e. The predicted octanol–water partition coefficient (Wildman–Crippen LogP) is 3.72. The van der Waals surface area contributed by atoms with Crippen molar-refractivity contribution in [3.05, 3.63) is 71.8 Å². The van der Waals surface area contributed by atoms with Crippen LogP contribution in [-0.4, -0.2) is 58.7 Å². The van der Waals surface area contributed by atoms with Crippen molar-refractivity contribution in [2.75, 3.05) is 13.1 Å². The number of hydrogen-bond donors (Lipinski definition) is 0. The monoisotopic (exact) mass is 408 g/mol. The summed E-state index contributed by atoms with van der Waals surface area (Å²) in [7, 11) is 0. The zero-order valence-corrected chi connectivity index (χ0v) is 17.7. The lowest BCUT2D eigenvalue weighted by atomic mass is 9.94. The van der Waals surface area contributed by atoms with Gasteiger partial charge >= 0.3 is 12.1 Å². The molecule has 2 aliphatic rings. The number of fused-ring (bicyclic) bond motifs is 1. The van der Waals surface area contributed by atoms with Gasteiger partial charge in [0.1, 0.15) is 11.7 Å².